The number of morpholine rings is 1. The fraction of sp³-hybridized carbons (Fsp3) is 0.500. The molecular weight excluding hydrogens is 461 g/mol. The van der Waals surface area contributed by atoms with Crippen LogP contribution in [0.15, 0.2) is 48.5 Å². The molecule has 0 bridgehead atoms. The Bertz CT molecular complexity index is 939. The molecule has 6 nitrogen and oxygen atoms in total. The molecule has 1 amide bonds. The molecule has 2 aromatic rings. The van der Waals surface area contributed by atoms with Gasteiger partial charge in [0, 0.05) is 44.9 Å². The Kier molecular flexibility index (Phi) is 8.64. The molecule has 2 fully saturated rings. The van der Waals surface area contributed by atoms with Crippen molar-refractivity contribution < 1.29 is 32.2 Å². The first-order valence-electron chi connectivity index (χ1n) is 12.0. The first-order chi connectivity index (χ1) is 16.9. The normalized spacial score (nSPS) is 19.0. The molecule has 35 heavy (non-hydrogen) atoms. The van der Waals surface area contributed by atoms with Crippen LogP contribution in [-0.2, 0) is 22.2 Å². The molecule has 9 heteroatoms. The van der Waals surface area contributed by atoms with Crippen molar-refractivity contribution >= 4 is 5.91 Å². The number of ether oxygens (including phenoxy) is 3. The van der Waals surface area contributed by atoms with Crippen molar-refractivity contribution in [3.8, 4) is 5.75 Å². The molecule has 2 aliphatic rings. The Labute approximate surface area is 203 Å². The molecule has 2 heterocycles. The van der Waals surface area contributed by atoms with Crippen molar-refractivity contribution in [1.29, 1.82) is 0 Å². The zero-order valence-corrected chi connectivity index (χ0v) is 19.6. The molecule has 4 rings (SSSR count). The summed E-state index contributed by atoms with van der Waals surface area (Å²) in [5.74, 6) is 0.432. The van der Waals surface area contributed by atoms with Crippen LogP contribution in [0, 0.1) is 0 Å². The number of amides is 1. The van der Waals surface area contributed by atoms with E-state index < -0.39 is 11.7 Å². The molecule has 2 saturated heterocycles. The number of nitrogens with zero attached hydrogens (tertiary/aromatic N) is 2. The molecule has 190 valence electrons. The zero-order chi connectivity index (χ0) is 24.7. The summed E-state index contributed by atoms with van der Waals surface area (Å²) in [7, 11) is 0. The Balaban J connectivity index is 1.37. The topological polar surface area (TPSA) is 51.2 Å². The van der Waals surface area contributed by atoms with Crippen molar-refractivity contribution in [3.63, 3.8) is 0 Å². The largest absolute Gasteiger partial charge is 0.492 e. The summed E-state index contributed by atoms with van der Waals surface area (Å²) in [5.41, 5.74) is 0.354. The summed E-state index contributed by atoms with van der Waals surface area (Å²) in [4.78, 5) is 17.2. The van der Waals surface area contributed by atoms with Crippen molar-refractivity contribution in [2.75, 3.05) is 52.6 Å². The second-order valence-electron chi connectivity index (χ2n) is 8.84. The maximum absolute atomic E-state index is 13.2. The van der Waals surface area contributed by atoms with E-state index >= 15 is 0 Å². The first kappa shape index (κ1) is 25.5. The SMILES string of the molecule is O=C(c1ccc(C(F)(F)F)cc1)N(Cc1ccc(OCCN2CCOCC2)cc1)C[C@H]1CCCO1. The van der Waals surface area contributed by atoms with Gasteiger partial charge in [-0.3, -0.25) is 9.69 Å². The van der Waals surface area contributed by atoms with Crippen LogP contribution in [-0.4, -0.2) is 74.4 Å². The van der Waals surface area contributed by atoms with E-state index in [0.717, 1.165) is 69.1 Å². The van der Waals surface area contributed by atoms with Gasteiger partial charge in [-0.05, 0) is 54.8 Å². The monoisotopic (exact) mass is 492 g/mol. The quantitative estimate of drug-likeness (QED) is 0.524. The van der Waals surface area contributed by atoms with Gasteiger partial charge in [-0.2, -0.15) is 13.2 Å². The minimum Gasteiger partial charge on any atom is -0.492 e. The van der Waals surface area contributed by atoms with Crippen molar-refractivity contribution in [1.82, 2.24) is 9.80 Å². The number of hydrogen-bond donors (Lipinski definition) is 0. The van der Waals surface area contributed by atoms with Gasteiger partial charge in [0.15, 0.2) is 0 Å². The van der Waals surface area contributed by atoms with Gasteiger partial charge in [-0.1, -0.05) is 12.1 Å². The van der Waals surface area contributed by atoms with Gasteiger partial charge in [0.1, 0.15) is 12.4 Å². The molecule has 0 unspecified atom stereocenters. The second kappa shape index (κ2) is 11.9. The lowest BCUT2D eigenvalue weighted by molar-refractivity contribution is -0.137. The highest BCUT2D eigenvalue weighted by Gasteiger charge is 2.31. The van der Waals surface area contributed by atoms with E-state index in [2.05, 4.69) is 4.90 Å². The second-order valence-corrected chi connectivity index (χ2v) is 8.84. The molecule has 1 atom stereocenters. The van der Waals surface area contributed by atoms with Gasteiger partial charge in [0.2, 0.25) is 0 Å². The van der Waals surface area contributed by atoms with Crippen molar-refractivity contribution in [2.24, 2.45) is 0 Å². The molecule has 0 aliphatic carbocycles. The molecule has 0 spiro atoms. The summed E-state index contributed by atoms with van der Waals surface area (Å²) in [6.45, 7) is 6.11. The highest BCUT2D eigenvalue weighted by Crippen LogP contribution is 2.29. The van der Waals surface area contributed by atoms with Gasteiger partial charge < -0.3 is 19.1 Å². The lowest BCUT2D eigenvalue weighted by atomic mass is 10.1. The standard InChI is InChI=1S/C26H31F3N2O4/c27-26(28,29)22-7-5-21(6-8-22)25(32)31(19-24-2-1-14-34-24)18-20-3-9-23(10-4-20)35-17-13-30-11-15-33-16-12-30/h3-10,24H,1-2,11-19H2/t24-/m1/s1. The van der Waals surface area contributed by atoms with Crippen LogP contribution in [0.4, 0.5) is 13.2 Å². The smallest absolute Gasteiger partial charge is 0.416 e. The Morgan fingerprint density at radius 3 is 2.37 bits per heavy atom. The Morgan fingerprint density at radius 2 is 1.74 bits per heavy atom. The molecule has 2 aliphatic heterocycles. The Hall–Kier alpha value is -2.62. The van der Waals surface area contributed by atoms with Gasteiger partial charge in [-0.15, -0.1) is 0 Å². The number of carbonyl (C=O) groups excluding carboxylic acids is 1. The minimum atomic E-state index is -4.44. The molecule has 0 radical (unpaired) electrons. The molecule has 0 aromatic heterocycles. The third-order valence-electron chi connectivity index (χ3n) is 6.27. The number of alkyl halides is 3. The zero-order valence-electron chi connectivity index (χ0n) is 19.6. The van der Waals surface area contributed by atoms with E-state index in [1.807, 2.05) is 24.3 Å². The van der Waals surface area contributed by atoms with Crippen molar-refractivity contribution in [2.45, 2.75) is 31.7 Å². The highest BCUT2D eigenvalue weighted by atomic mass is 19.4. The van der Waals surface area contributed by atoms with Crippen LogP contribution >= 0.6 is 0 Å². The summed E-state index contributed by atoms with van der Waals surface area (Å²) < 4.78 is 55.7. The number of halogens is 3. The van der Waals surface area contributed by atoms with Crippen LogP contribution in [0.25, 0.3) is 0 Å². The van der Waals surface area contributed by atoms with Gasteiger partial charge >= 0.3 is 6.18 Å². The van der Waals surface area contributed by atoms with E-state index in [1.165, 1.54) is 12.1 Å². The van der Waals surface area contributed by atoms with Gasteiger partial charge in [-0.25, -0.2) is 0 Å². The predicted octanol–water partition coefficient (Wildman–Crippen LogP) is 4.24. The average Bonchev–Trinajstić information content (AvgIpc) is 3.38. The maximum atomic E-state index is 13.2. The number of carbonyl (C=O) groups is 1. The van der Waals surface area contributed by atoms with E-state index in [1.54, 1.807) is 4.90 Å². The molecule has 0 N–H and O–H groups in total. The van der Waals surface area contributed by atoms with E-state index in [-0.39, 0.29) is 17.6 Å². The van der Waals surface area contributed by atoms with Gasteiger partial charge in [0.25, 0.3) is 5.91 Å². The first-order valence-corrected chi connectivity index (χ1v) is 12.0. The number of rotatable bonds is 9. The molecule has 0 saturated carbocycles. The van der Waals surface area contributed by atoms with Crippen LogP contribution in [0.1, 0.15) is 34.3 Å². The van der Waals surface area contributed by atoms with Gasteiger partial charge in [0.05, 0.1) is 24.9 Å². The summed E-state index contributed by atoms with van der Waals surface area (Å²) in [5, 5.41) is 0. The summed E-state index contributed by atoms with van der Waals surface area (Å²) in [6.07, 6.45) is -2.72. The van der Waals surface area contributed by atoms with Crippen molar-refractivity contribution in [3.05, 3.63) is 65.2 Å². The lowest BCUT2D eigenvalue weighted by Crippen LogP contribution is -2.38. The van der Waals surface area contributed by atoms with E-state index in [9.17, 15) is 18.0 Å². The lowest BCUT2D eigenvalue weighted by Gasteiger charge is -2.26. The molecule has 2 aromatic carbocycles. The summed E-state index contributed by atoms with van der Waals surface area (Å²) >= 11 is 0. The van der Waals surface area contributed by atoms with E-state index in [4.69, 9.17) is 14.2 Å². The average molecular weight is 493 g/mol. The molecular formula is C26H31F3N2O4. The highest BCUT2D eigenvalue weighted by molar-refractivity contribution is 5.94. The minimum absolute atomic E-state index is 0.0730. The Morgan fingerprint density at radius 1 is 1.03 bits per heavy atom. The number of hydrogen-bond acceptors (Lipinski definition) is 5. The predicted molar refractivity (Wildman–Crippen MR) is 124 cm³/mol. The third kappa shape index (κ3) is 7.43. The van der Waals surface area contributed by atoms with E-state index in [0.29, 0.717) is 26.3 Å². The fourth-order valence-corrected chi connectivity index (χ4v) is 4.27. The van der Waals surface area contributed by atoms with Crippen LogP contribution in [0.3, 0.4) is 0 Å². The summed E-state index contributed by atoms with van der Waals surface area (Å²) in [6, 6.07) is 11.9. The fourth-order valence-electron chi connectivity index (χ4n) is 4.27. The van der Waals surface area contributed by atoms with Crippen LogP contribution in [0.5, 0.6) is 5.75 Å². The van der Waals surface area contributed by atoms with Crippen LogP contribution < -0.4 is 4.74 Å². The van der Waals surface area contributed by atoms with Crippen LogP contribution in [0.2, 0.25) is 0 Å². The third-order valence-corrected chi connectivity index (χ3v) is 6.27. The maximum Gasteiger partial charge on any atom is 0.416 e. The number of benzene rings is 2.